The van der Waals surface area contributed by atoms with E-state index in [2.05, 4.69) is 10.0 Å². The number of thiophene rings is 1. The normalized spacial score (nSPS) is 19.1. The summed E-state index contributed by atoms with van der Waals surface area (Å²) in [7, 11) is -1.68. The van der Waals surface area contributed by atoms with Crippen molar-refractivity contribution in [2.45, 2.75) is 43.7 Å². The highest BCUT2D eigenvalue weighted by atomic mass is 32.2. The number of aryl methyl sites for hydroxylation is 1. The summed E-state index contributed by atoms with van der Waals surface area (Å²) in [6.07, 6.45) is 1.41. The summed E-state index contributed by atoms with van der Waals surface area (Å²) < 4.78 is 33.6. The summed E-state index contributed by atoms with van der Waals surface area (Å²) in [6.45, 7) is 5.56. The van der Waals surface area contributed by atoms with E-state index in [0.29, 0.717) is 37.5 Å². The third-order valence-corrected chi connectivity index (χ3v) is 6.67. The molecule has 7 heteroatoms. The van der Waals surface area contributed by atoms with E-state index in [1.54, 1.807) is 0 Å². The monoisotopic (exact) mass is 318 g/mol. The molecule has 0 saturated carbocycles. The summed E-state index contributed by atoms with van der Waals surface area (Å²) in [6, 6.07) is 0. The minimum atomic E-state index is -3.49. The lowest BCUT2D eigenvalue weighted by Gasteiger charge is -2.34. The van der Waals surface area contributed by atoms with Crippen molar-refractivity contribution in [2.24, 2.45) is 0 Å². The van der Waals surface area contributed by atoms with Gasteiger partial charge in [0.2, 0.25) is 10.0 Å². The molecule has 0 bridgehead atoms. The Kier molecular flexibility index (Phi) is 4.86. The van der Waals surface area contributed by atoms with E-state index in [0.717, 1.165) is 10.4 Å². The van der Waals surface area contributed by atoms with Gasteiger partial charge in [-0.05, 0) is 44.7 Å². The van der Waals surface area contributed by atoms with Crippen LogP contribution in [0.25, 0.3) is 0 Å². The third-order valence-electron chi connectivity index (χ3n) is 3.57. The highest BCUT2D eigenvalue weighted by Crippen LogP contribution is 2.29. The predicted octanol–water partition coefficient (Wildman–Crippen LogP) is 1.62. The van der Waals surface area contributed by atoms with E-state index in [9.17, 15) is 8.42 Å². The van der Waals surface area contributed by atoms with Crippen LogP contribution in [0.15, 0.2) is 10.3 Å². The number of hydrogen-bond acceptors (Lipinski definition) is 5. The van der Waals surface area contributed by atoms with Crippen LogP contribution >= 0.6 is 11.3 Å². The summed E-state index contributed by atoms with van der Waals surface area (Å²) in [4.78, 5) is 1.29. The zero-order chi connectivity index (χ0) is 14.8. The van der Waals surface area contributed by atoms with Crippen LogP contribution in [0.4, 0.5) is 0 Å². The minimum absolute atomic E-state index is 0.414. The molecule has 0 unspecified atom stereocenters. The van der Waals surface area contributed by atoms with Gasteiger partial charge in [0.05, 0.1) is 0 Å². The number of hydrogen-bond donors (Lipinski definition) is 2. The lowest BCUT2D eigenvalue weighted by molar-refractivity contribution is 0.0537. The number of nitrogens with one attached hydrogen (secondary N) is 2. The van der Waals surface area contributed by atoms with Gasteiger partial charge in [-0.3, -0.25) is 0 Å². The summed E-state index contributed by atoms with van der Waals surface area (Å²) in [5, 5.41) is 4.92. The molecule has 20 heavy (non-hydrogen) atoms. The first-order valence-electron chi connectivity index (χ1n) is 6.71. The SMILES string of the molecule is CNCc1scc(C)c1S(=O)(=O)NC1(C)CCOCC1. The van der Waals surface area contributed by atoms with E-state index >= 15 is 0 Å². The number of sulfonamides is 1. The van der Waals surface area contributed by atoms with Gasteiger partial charge in [-0.2, -0.15) is 0 Å². The average Bonchev–Trinajstić information content (AvgIpc) is 2.71. The van der Waals surface area contributed by atoms with E-state index in [1.807, 2.05) is 26.3 Å². The van der Waals surface area contributed by atoms with Crippen molar-refractivity contribution >= 4 is 21.4 Å². The van der Waals surface area contributed by atoms with Crippen LogP contribution in [0.1, 0.15) is 30.2 Å². The molecule has 0 aliphatic carbocycles. The Morgan fingerprint density at radius 2 is 2.05 bits per heavy atom. The van der Waals surface area contributed by atoms with Crippen molar-refractivity contribution in [1.29, 1.82) is 0 Å². The second-order valence-corrected chi connectivity index (χ2v) is 8.06. The Morgan fingerprint density at radius 1 is 1.40 bits per heavy atom. The van der Waals surface area contributed by atoms with Crippen molar-refractivity contribution < 1.29 is 13.2 Å². The van der Waals surface area contributed by atoms with Gasteiger partial charge < -0.3 is 10.1 Å². The molecule has 2 N–H and O–H groups in total. The molecular formula is C13H22N2O3S2. The fourth-order valence-corrected chi connectivity index (χ4v) is 5.72. The molecule has 1 aliphatic rings. The molecule has 1 saturated heterocycles. The van der Waals surface area contributed by atoms with Crippen molar-refractivity contribution in [2.75, 3.05) is 20.3 Å². The van der Waals surface area contributed by atoms with Crippen molar-refractivity contribution in [1.82, 2.24) is 10.0 Å². The lowest BCUT2D eigenvalue weighted by atomic mass is 9.94. The topological polar surface area (TPSA) is 67.4 Å². The smallest absolute Gasteiger partial charge is 0.242 e. The van der Waals surface area contributed by atoms with Gasteiger partial charge >= 0.3 is 0 Å². The zero-order valence-electron chi connectivity index (χ0n) is 12.2. The first-order valence-corrected chi connectivity index (χ1v) is 9.07. The van der Waals surface area contributed by atoms with Gasteiger partial charge in [-0.1, -0.05) is 0 Å². The Bertz CT molecular complexity index is 560. The quantitative estimate of drug-likeness (QED) is 0.866. The van der Waals surface area contributed by atoms with Gasteiger partial charge in [0.15, 0.2) is 0 Å². The second kappa shape index (κ2) is 6.11. The lowest BCUT2D eigenvalue weighted by Crippen LogP contribution is -2.49. The van der Waals surface area contributed by atoms with Gasteiger partial charge in [-0.15, -0.1) is 11.3 Å². The highest BCUT2D eigenvalue weighted by molar-refractivity contribution is 7.89. The summed E-state index contributed by atoms with van der Waals surface area (Å²) in [5.74, 6) is 0. The van der Waals surface area contributed by atoms with Crippen LogP contribution in [0.2, 0.25) is 0 Å². The van der Waals surface area contributed by atoms with Crippen molar-refractivity contribution in [3.8, 4) is 0 Å². The van der Waals surface area contributed by atoms with Gasteiger partial charge in [-0.25, -0.2) is 13.1 Å². The first kappa shape index (κ1) is 15.9. The molecule has 0 atom stereocenters. The van der Waals surface area contributed by atoms with Crippen molar-refractivity contribution in [3.05, 3.63) is 15.8 Å². The maximum Gasteiger partial charge on any atom is 0.242 e. The molecule has 2 rings (SSSR count). The molecular weight excluding hydrogens is 296 g/mol. The molecule has 1 fully saturated rings. The summed E-state index contributed by atoms with van der Waals surface area (Å²) in [5.41, 5.74) is 0.394. The molecule has 2 heterocycles. The number of rotatable bonds is 5. The van der Waals surface area contributed by atoms with Crippen LogP contribution < -0.4 is 10.0 Å². The van der Waals surface area contributed by atoms with E-state index in [-0.39, 0.29) is 0 Å². The van der Waals surface area contributed by atoms with Crippen LogP contribution in [-0.4, -0.2) is 34.2 Å². The highest BCUT2D eigenvalue weighted by Gasteiger charge is 2.34. The molecule has 1 aromatic heterocycles. The molecule has 114 valence electrons. The van der Waals surface area contributed by atoms with Crippen LogP contribution in [-0.2, 0) is 21.3 Å². The molecule has 1 aromatic rings. The van der Waals surface area contributed by atoms with E-state index < -0.39 is 15.6 Å². The summed E-state index contributed by atoms with van der Waals surface area (Å²) >= 11 is 1.48. The van der Waals surface area contributed by atoms with E-state index in [4.69, 9.17) is 4.74 Å². The molecule has 5 nitrogen and oxygen atoms in total. The standard InChI is InChI=1S/C13H22N2O3S2/c1-10-9-19-11(8-14-3)12(10)20(16,17)15-13(2)4-6-18-7-5-13/h9,14-15H,4-8H2,1-3H3. The van der Waals surface area contributed by atoms with Gasteiger partial charge in [0, 0.05) is 30.2 Å². The molecule has 0 spiro atoms. The maximum absolute atomic E-state index is 12.7. The molecule has 0 amide bonds. The Balaban J connectivity index is 2.28. The van der Waals surface area contributed by atoms with Gasteiger partial charge in [0.1, 0.15) is 4.90 Å². The largest absolute Gasteiger partial charge is 0.381 e. The van der Waals surface area contributed by atoms with Crippen LogP contribution in [0.3, 0.4) is 0 Å². The Hall–Kier alpha value is -0.470. The molecule has 0 radical (unpaired) electrons. The maximum atomic E-state index is 12.7. The minimum Gasteiger partial charge on any atom is -0.381 e. The first-order chi connectivity index (χ1) is 9.38. The Morgan fingerprint density at radius 3 is 2.65 bits per heavy atom. The predicted molar refractivity (Wildman–Crippen MR) is 80.6 cm³/mol. The second-order valence-electron chi connectivity index (χ2n) is 5.48. The fourth-order valence-electron chi connectivity index (χ4n) is 2.43. The number of ether oxygens (including phenoxy) is 1. The Labute approximate surface area is 124 Å². The average molecular weight is 318 g/mol. The van der Waals surface area contributed by atoms with E-state index in [1.165, 1.54) is 11.3 Å². The fraction of sp³-hybridized carbons (Fsp3) is 0.692. The molecule has 1 aliphatic heterocycles. The van der Waals surface area contributed by atoms with Crippen LogP contribution in [0, 0.1) is 6.92 Å². The third kappa shape index (κ3) is 3.40. The molecule has 0 aromatic carbocycles. The van der Waals surface area contributed by atoms with Crippen molar-refractivity contribution in [3.63, 3.8) is 0 Å². The van der Waals surface area contributed by atoms with Crippen LogP contribution in [0.5, 0.6) is 0 Å². The zero-order valence-corrected chi connectivity index (χ0v) is 13.8. The van der Waals surface area contributed by atoms with Gasteiger partial charge in [0.25, 0.3) is 0 Å².